The summed E-state index contributed by atoms with van der Waals surface area (Å²) in [7, 11) is 0. The fourth-order valence-electron chi connectivity index (χ4n) is 1.50. The molecule has 1 aromatic carbocycles. The zero-order valence-electron chi connectivity index (χ0n) is 10.1. The van der Waals surface area contributed by atoms with Gasteiger partial charge in [-0.3, -0.25) is 4.79 Å². The summed E-state index contributed by atoms with van der Waals surface area (Å²) in [6.07, 6.45) is 2.13. The second-order valence-corrected chi connectivity index (χ2v) is 4.02. The molecule has 0 N–H and O–H groups in total. The molecular weight excluding hydrogens is 233 g/mol. The summed E-state index contributed by atoms with van der Waals surface area (Å²) in [6.45, 7) is 3.46. The first-order valence-corrected chi connectivity index (χ1v) is 5.46. The van der Waals surface area contributed by atoms with E-state index in [4.69, 9.17) is 4.74 Å². The highest BCUT2D eigenvalue weighted by molar-refractivity contribution is 5.74. The van der Waals surface area contributed by atoms with Crippen molar-refractivity contribution < 1.29 is 13.9 Å². The largest absolute Gasteiger partial charge is 0.439 e. The van der Waals surface area contributed by atoms with Crippen LogP contribution in [0.2, 0.25) is 0 Å². The van der Waals surface area contributed by atoms with Crippen LogP contribution in [0, 0.1) is 19.7 Å². The Morgan fingerprint density at radius 2 is 2.00 bits per heavy atom. The Balaban J connectivity index is 2.28. The van der Waals surface area contributed by atoms with Crippen LogP contribution in [-0.2, 0) is 0 Å². The van der Waals surface area contributed by atoms with E-state index in [1.165, 1.54) is 12.3 Å². The topological polar surface area (TPSA) is 39.2 Å². The van der Waals surface area contributed by atoms with Gasteiger partial charge in [-0.2, -0.15) is 0 Å². The van der Waals surface area contributed by atoms with Crippen molar-refractivity contribution in [3.8, 4) is 11.6 Å². The van der Waals surface area contributed by atoms with E-state index in [1.54, 1.807) is 32.0 Å². The maximum Gasteiger partial charge on any atom is 0.222 e. The minimum atomic E-state index is -0.324. The molecule has 0 unspecified atom stereocenters. The zero-order chi connectivity index (χ0) is 13.1. The Kier molecular flexibility index (Phi) is 3.37. The number of carbonyl (C=O) groups excluding carboxylic acids is 1. The van der Waals surface area contributed by atoms with Gasteiger partial charge >= 0.3 is 0 Å². The van der Waals surface area contributed by atoms with E-state index in [2.05, 4.69) is 4.98 Å². The zero-order valence-corrected chi connectivity index (χ0v) is 10.1. The normalized spacial score (nSPS) is 10.2. The van der Waals surface area contributed by atoms with Gasteiger partial charge < -0.3 is 4.74 Å². The number of aldehydes is 1. The number of hydrogen-bond acceptors (Lipinski definition) is 3. The molecule has 0 saturated carbocycles. The monoisotopic (exact) mass is 245 g/mol. The van der Waals surface area contributed by atoms with Crippen LogP contribution in [0.15, 0.2) is 30.5 Å². The number of nitrogens with zero attached hydrogens (tertiary/aromatic N) is 1. The first-order valence-electron chi connectivity index (χ1n) is 5.46. The van der Waals surface area contributed by atoms with Crippen molar-refractivity contribution in [3.63, 3.8) is 0 Å². The summed E-state index contributed by atoms with van der Waals surface area (Å²) in [5.74, 6) is 0.422. The second kappa shape index (κ2) is 4.96. The third-order valence-electron chi connectivity index (χ3n) is 2.55. The molecule has 2 aromatic rings. The van der Waals surface area contributed by atoms with Gasteiger partial charge in [0, 0.05) is 23.4 Å². The average Bonchev–Trinajstić information content (AvgIpc) is 2.36. The van der Waals surface area contributed by atoms with Crippen molar-refractivity contribution in [3.05, 3.63) is 53.0 Å². The van der Waals surface area contributed by atoms with Crippen molar-refractivity contribution in [1.82, 2.24) is 4.98 Å². The molecule has 0 aliphatic carbocycles. The smallest absolute Gasteiger partial charge is 0.222 e. The fourth-order valence-corrected chi connectivity index (χ4v) is 1.50. The van der Waals surface area contributed by atoms with E-state index in [9.17, 15) is 9.18 Å². The number of rotatable bonds is 3. The molecule has 18 heavy (non-hydrogen) atoms. The van der Waals surface area contributed by atoms with Crippen molar-refractivity contribution in [2.75, 3.05) is 0 Å². The molecule has 4 heteroatoms. The summed E-state index contributed by atoms with van der Waals surface area (Å²) >= 11 is 0. The quantitative estimate of drug-likeness (QED) is 0.777. The number of carbonyl (C=O) groups is 1. The number of ether oxygens (including phenoxy) is 1. The fraction of sp³-hybridized carbons (Fsp3) is 0.143. The summed E-state index contributed by atoms with van der Waals surface area (Å²) in [4.78, 5) is 14.6. The van der Waals surface area contributed by atoms with Crippen LogP contribution in [-0.4, -0.2) is 11.3 Å². The molecule has 0 bridgehead atoms. The second-order valence-electron chi connectivity index (χ2n) is 4.02. The minimum Gasteiger partial charge on any atom is -0.439 e. The number of pyridine rings is 1. The summed E-state index contributed by atoms with van der Waals surface area (Å²) in [5.41, 5.74) is 1.76. The van der Waals surface area contributed by atoms with Crippen LogP contribution in [0.5, 0.6) is 11.6 Å². The molecule has 1 aromatic heterocycles. The highest BCUT2D eigenvalue weighted by Crippen LogP contribution is 2.24. The predicted molar refractivity (Wildman–Crippen MR) is 65.6 cm³/mol. The SMILES string of the molecule is Cc1ccc(Oc2ncc(C=O)cc2C)cc1F. The lowest BCUT2D eigenvalue weighted by molar-refractivity contribution is 0.112. The maximum absolute atomic E-state index is 13.4. The molecule has 0 spiro atoms. The van der Waals surface area contributed by atoms with E-state index in [-0.39, 0.29) is 5.82 Å². The summed E-state index contributed by atoms with van der Waals surface area (Å²) in [5, 5.41) is 0. The van der Waals surface area contributed by atoms with E-state index in [1.807, 2.05) is 0 Å². The molecule has 3 nitrogen and oxygen atoms in total. The molecule has 0 aliphatic heterocycles. The van der Waals surface area contributed by atoms with Crippen LogP contribution < -0.4 is 4.74 Å². The van der Waals surface area contributed by atoms with Crippen LogP contribution in [0.3, 0.4) is 0 Å². The van der Waals surface area contributed by atoms with Gasteiger partial charge in [-0.1, -0.05) is 6.07 Å². The Hall–Kier alpha value is -2.23. The first-order chi connectivity index (χ1) is 8.60. The van der Waals surface area contributed by atoms with E-state index in [0.29, 0.717) is 22.8 Å². The third kappa shape index (κ3) is 2.53. The number of hydrogen-bond donors (Lipinski definition) is 0. The number of benzene rings is 1. The average molecular weight is 245 g/mol. The number of aromatic nitrogens is 1. The molecule has 2 rings (SSSR count). The van der Waals surface area contributed by atoms with Crippen molar-refractivity contribution in [1.29, 1.82) is 0 Å². The third-order valence-corrected chi connectivity index (χ3v) is 2.55. The Morgan fingerprint density at radius 1 is 1.22 bits per heavy atom. The summed E-state index contributed by atoms with van der Waals surface area (Å²) in [6, 6.07) is 6.29. The molecule has 0 fully saturated rings. The Labute approximate surface area is 104 Å². The van der Waals surface area contributed by atoms with Crippen molar-refractivity contribution >= 4 is 6.29 Å². The molecule has 0 radical (unpaired) electrons. The van der Waals surface area contributed by atoms with Gasteiger partial charge in [-0.15, -0.1) is 0 Å². The standard InChI is InChI=1S/C14H12FNO2/c1-9-3-4-12(6-13(9)15)18-14-10(2)5-11(8-17)7-16-14/h3-8H,1-2H3. The lowest BCUT2D eigenvalue weighted by Crippen LogP contribution is -1.94. The highest BCUT2D eigenvalue weighted by atomic mass is 19.1. The minimum absolute atomic E-state index is 0.324. The Morgan fingerprint density at radius 3 is 2.61 bits per heavy atom. The highest BCUT2D eigenvalue weighted by Gasteiger charge is 2.06. The number of halogens is 1. The number of aryl methyl sites for hydroxylation is 2. The van der Waals surface area contributed by atoms with Gasteiger partial charge in [0.2, 0.25) is 5.88 Å². The molecule has 0 atom stereocenters. The van der Waals surface area contributed by atoms with Crippen LogP contribution in [0.1, 0.15) is 21.5 Å². The van der Waals surface area contributed by atoms with E-state index >= 15 is 0 Å². The molecule has 0 saturated heterocycles. The van der Waals surface area contributed by atoms with Gasteiger partial charge in [-0.25, -0.2) is 9.37 Å². The molecule has 1 heterocycles. The molecule has 0 aliphatic rings. The van der Waals surface area contributed by atoms with Crippen LogP contribution in [0.25, 0.3) is 0 Å². The maximum atomic E-state index is 13.4. The molecule has 92 valence electrons. The van der Waals surface area contributed by atoms with Gasteiger partial charge in [0.05, 0.1) is 0 Å². The summed E-state index contributed by atoms with van der Waals surface area (Å²) < 4.78 is 18.8. The van der Waals surface area contributed by atoms with E-state index in [0.717, 1.165) is 11.8 Å². The van der Waals surface area contributed by atoms with Crippen molar-refractivity contribution in [2.24, 2.45) is 0 Å². The van der Waals surface area contributed by atoms with Crippen molar-refractivity contribution in [2.45, 2.75) is 13.8 Å². The van der Waals surface area contributed by atoms with E-state index < -0.39 is 0 Å². The van der Waals surface area contributed by atoms with Gasteiger partial charge in [-0.05, 0) is 31.5 Å². The van der Waals surface area contributed by atoms with Crippen LogP contribution >= 0.6 is 0 Å². The predicted octanol–water partition coefficient (Wildman–Crippen LogP) is 3.44. The van der Waals surface area contributed by atoms with Gasteiger partial charge in [0.1, 0.15) is 11.6 Å². The lowest BCUT2D eigenvalue weighted by Gasteiger charge is -2.08. The van der Waals surface area contributed by atoms with Gasteiger partial charge in [0.25, 0.3) is 0 Å². The first kappa shape index (κ1) is 12.2. The van der Waals surface area contributed by atoms with Crippen LogP contribution in [0.4, 0.5) is 4.39 Å². The van der Waals surface area contributed by atoms with Gasteiger partial charge in [0.15, 0.2) is 6.29 Å². The molecule has 0 amide bonds. The molecular formula is C14H12FNO2. The Bertz CT molecular complexity index is 596. The lowest BCUT2D eigenvalue weighted by atomic mass is 10.2.